The first kappa shape index (κ1) is 17.9. The van der Waals surface area contributed by atoms with Gasteiger partial charge in [-0.05, 0) is 44.8 Å². The van der Waals surface area contributed by atoms with E-state index < -0.39 is 5.54 Å². The molecule has 0 spiro atoms. The van der Waals surface area contributed by atoms with E-state index in [1.165, 1.54) is 11.3 Å². The molecule has 2 amide bonds. The Morgan fingerprint density at radius 1 is 1.39 bits per heavy atom. The monoisotopic (exact) mass is 337 g/mol. The maximum absolute atomic E-state index is 12.8. The molecule has 1 N–H and O–H groups in total. The fourth-order valence-electron chi connectivity index (χ4n) is 3.17. The van der Waals surface area contributed by atoms with Crippen LogP contribution in [-0.2, 0) is 4.79 Å². The standard InChI is InChI=1S/C17H27N3O2S/c1-5-19(6-2)13-9-10-20(12-13)16(22)17(3,4)18-15(21)14-8-7-11-23-14/h7-8,11,13H,5-6,9-10,12H2,1-4H3,(H,18,21)/t13-/m1/s1. The molecule has 5 nitrogen and oxygen atoms in total. The van der Waals surface area contributed by atoms with Crippen molar-refractivity contribution in [2.24, 2.45) is 0 Å². The van der Waals surface area contributed by atoms with Crippen molar-refractivity contribution in [1.82, 2.24) is 15.1 Å². The minimum Gasteiger partial charge on any atom is -0.339 e. The van der Waals surface area contributed by atoms with Gasteiger partial charge < -0.3 is 10.2 Å². The Hall–Kier alpha value is -1.40. The van der Waals surface area contributed by atoms with E-state index in [9.17, 15) is 9.59 Å². The second-order valence-electron chi connectivity index (χ2n) is 6.47. The third-order valence-electron chi connectivity index (χ3n) is 4.49. The highest BCUT2D eigenvalue weighted by Crippen LogP contribution is 2.20. The molecule has 0 saturated carbocycles. The van der Waals surface area contributed by atoms with Gasteiger partial charge in [0.25, 0.3) is 5.91 Å². The smallest absolute Gasteiger partial charge is 0.262 e. The first-order valence-corrected chi connectivity index (χ1v) is 9.16. The number of rotatable bonds is 6. The van der Waals surface area contributed by atoms with Crippen LogP contribution in [-0.4, -0.2) is 59.4 Å². The maximum atomic E-state index is 12.8. The Kier molecular flexibility index (Phi) is 5.81. The fourth-order valence-corrected chi connectivity index (χ4v) is 3.79. The van der Waals surface area contributed by atoms with Gasteiger partial charge in [0.05, 0.1) is 4.88 Å². The predicted molar refractivity (Wildman–Crippen MR) is 93.8 cm³/mol. The molecule has 0 aliphatic carbocycles. The van der Waals surface area contributed by atoms with Crippen molar-refractivity contribution < 1.29 is 9.59 Å². The molecule has 1 aliphatic rings. The second-order valence-corrected chi connectivity index (χ2v) is 7.42. The van der Waals surface area contributed by atoms with E-state index >= 15 is 0 Å². The van der Waals surface area contributed by atoms with Crippen LogP contribution in [0.5, 0.6) is 0 Å². The van der Waals surface area contributed by atoms with Crippen LogP contribution in [0.1, 0.15) is 43.8 Å². The van der Waals surface area contributed by atoms with Crippen LogP contribution < -0.4 is 5.32 Å². The normalized spacial score (nSPS) is 18.5. The Labute approximate surface area is 142 Å². The summed E-state index contributed by atoms with van der Waals surface area (Å²) in [6.45, 7) is 11.4. The van der Waals surface area contributed by atoms with E-state index in [0.717, 1.165) is 32.6 Å². The van der Waals surface area contributed by atoms with Gasteiger partial charge in [0.2, 0.25) is 5.91 Å². The second kappa shape index (κ2) is 7.45. The SMILES string of the molecule is CCN(CC)[C@@H]1CCN(C(=O)C(C)(C)NC(=O)c2cccs2)C1. The van der Waals surface area contributed by atoms with E-state index in [0.29, 0.717) is 10.9 Å². The number of carbonyl (C=O) groups is 2. The lowest BCUT2D eigenvalue weighted by Crippen LogP contribution is -2.55. The van der Waals surface area contributed by atoms with Crippen LogP contribution in [0.4, 0.5) is 0 Å². The zero-order valence-electron chi connectivity index (χ0n) is 14.5. The van der Waals surface area contributed by atoms with Gasteiger partial charge >= 0.3 is 0 Å². The van der Waals surface area contributed by atoms with Crippen molar-refractivity contribution in [3.63, 3.8) is 0 Å². The quantitative estimate of drug-likeness (QED) is 0.866. The molecular weight excluding hydrogens is 310 g/mol. The highest BCUT2D eigenvalue weighted by molar-refractivity contribution is 7.12. The van der Waals surface area contributed by atoms with Crippen molar-refractivity contribution in [3.05, 3.63) is 22.4 Å². The van der Waals surface area contributed by atoms with E-state index in [4.69, 9.17) is 0 Å². The summed E-state index contributed by atoms with van der Waals surface area (Å²) in [5.74, 6) is -0.185. The summed E-state index contributed by atoms with van der Waals surface area (Å²) in [7, 11) is 0. The molecule has 128 valence electrons. The van der Waals surface area contributed by atoms with Crippen LogP contribution >= 0.6 is 11.3 Å². The summed E-state index contributed by atoms with van der Waals surface area (Å²) in [5.41, 5.74) is -0.890. The molecule has 2 rings (SSSR count). The molecule has 23 heavy (non-hydrogen) atoms. The molecule has 0 radical (unpaired) electrons. The molecule has 1 aromatic heterocycles. The molecular formula is C17H27N3O2S. The van der Waals surface area contributed by atoms with Crippen molar-refractivity contribution in [2.45, 2.75) is 45.7 Å². The molecule has 1 aromatic rings. The molecule has 1 fully saturated rings. The number of likely N-dealkylation sites (tertiary alicyclic amines) is 1. The summed E-state index contributed by atoms with van der Waals surface area (Å²) in [4.78, 5) is 30.0. The van der Waals surface area contributed by atoms with Gasteiger partial charge in [0.15, 0.2) is 0 Å². The number of amides is 2. The number of hydrogen-bond acceptors (Lipinski definition) is 4. The Bertz CT molecular complexity index is 538. The van der Waals surface area contributed by atoms with Crippen LogP contribution in [0.15, 0.2) is 17.5 Å². The number of hydrogen-bond donors (Lipinski definition) is 1. The molecule has 0 bridgehead atoms. The van der Waals surface area contributed by atoms with Gasteiger partial charge in [-0.15, -0.1) is 11.3 Å². The highest BCUT2D eigenvalue weighted by atomic mass is 32.1. The van der Waals surface area contributed by atoms with Gasteiger partial charge in [0.1, 0.15) is 5.54 Å². The number of carbonyl (C=O) groups excluding carboxylic acids is 2. The third kappa shape index (κ3) is 4.12. The maximum Gasteiger partial charge on any atom is 0.262 e. The molecule has 1 aliphatic heterocycles. The van der Waals surface area contributed by atoms with Crippen LogP contribution in [0.2, 0.25) is 0 Å². The summed E-state index contributed by atoms with van der Waals surface area (Å²) < 4.78 is 0. The minimum atomic E-state index is -0.890. The number of nitrogens with one attached hydrogen (secondary N) is 1. The van der Waals surface area contributed by atoms with Crippen molar-refractivity contribution in [3.8, 4) is 0 Å². The van der Waals surface area contributed by atoms with Crippen molar-refractivity contribution in [2.75, 3.05) is 26.2 Å². The van der Waals surface area contributed by atoms with E-state index in [1.54, 1.807) is 19.9 Å². The fraction of sp³-hybridized carbons (Fsp3) is 0.647. The average molecular weight is 337 g/mol. The molecule has 1 saturated heterocycles. The number of likely N-dealkylation sites (N-methyl/N-ethyl adjacent to an activating group) is 1. The average Bonchev–Trinajstić information content (AvgIpc) is 3.19. The zero-order chi connectivity index (χ0) is 17.0. The van der Waals surface area contributed by atoms with E-state index in [1.807, 2.05) is 16.3 Å². The molecule has 6 heteroatoms. The summed E-state index contributed by atoms with van der Waals surface area (Å²) in [6.07, 6.45) is 1.00. The van der Waals surface area contributed by atoms with Crippen LogP contribution in [0.3, 0.4) is 0 Å². The van der Waals surface area contributed by atoms with Crippen molar-refractivity contribution in [1.29, 1.82) is 0 Å². The van der Waals surface area contributed by atoms with Crippen LogP contribution in [0.25, 0.3) is 0 Å². The minimum absolute atomic E-state index is 0.00272. The number of thiophene rings is 1. The Morgan fingerprint density at radius 2 is 2.09 bits per heavy atom. The van der Waals surface area contributed by atoms with Crippen LogP contribution in [0, 0.1) is 0 Å². The summed E-state index contributed by atoms with van der Waals surface area (Å²) in [6, 6.07) is 4.04. The van der Waals surface area contributed by atoms with Gasteiger partial charge in [-0.2, -0.15) is 0 Å². The largest absolute Gasteiger partial charge is 0.339 e. The predicted octanol–water partition coefficient (Wildman–Crippen LogP) is 2.20. The highest BCUT2D eigenvalue weighted by Gasteiger charge is 2.38. The van der Waals surface area contributed by atoms with E-state index in [-0.39, 0.29) is 11.8 Å². The van der Waals surface area contributed by atoms with Gasteiger partial charge in [-0.25, -0.2) is 0 Å². The first-order valence-electron chi connectivity index (χ1n) is 8.28. The third-order valence-corrected chi connectivity index (χ3v) is 5.35. The first-order chi connectivity index (χ1) is 10.9. The Balaban J connectivity index is 1.97. The summed E-state index contributed by atoms with van der Waals surface area (Å²) in [5, 5.41) is 4.73. The summed E-state index contributed by atoms with van der Waals surface area (Å²) >= 11 is 1.38. The molecule has 2 heterocycles. The van der Waals surface area contributed by atoms with Crippen molar-refractivity contribution >= 4 is 23.2 Å². The lowest BCUT2D eigenvalue weighted by molar-refractivity contribution is -0.135. The lowest BCUT2D eigenvalue weighted by atomic mass is 10.0. The van der Waals surface area contributed by atoms with Gasteiger partial charge in [-0.1, -0.05) is 19.9 Å². The van der Waals surface area contributed by atoms with E-state index in [2.05, 4.69) is 24.1 Å². The lowest BCUT2D eigenvalue weighted by Gasteiger charge is -2.31. The molecule has 1 atom stereocenters. The topological polar surface area (TPSA) is 52.6 Å². The number of nitrogens with zero attached hydrogens (tertiary/aromatic N) is 2. The van der Waals surface area contributed by atoms with Gasteiger partial charge in [0, 0.05) is 19.1 Å². The van der Waals surface area contributed by atoms with Gasteiger partial charge in [-0.3, -0.25) is 14.5 Å². The zero-order valence-corrected chi connectivity index (χ0v) is 15.3. The molecule has 0 aromatic carbocycles. The molecule has 0 unspecified atom stereocenters. The Morgan fingerprint density at radius 3 is 2.65 bits per heavy atom.